The number of benzene rings is 2. The summed E-state index contributed by atoms with van der Waals surface area (Å²) in [5.41, 5.74) is 1.89. The molecule has 0 aliphatic carbocycles. The zero-order valence-corrected chi connectivity index (χ0v) is 14.1. The maximum Gasteiger partial charge on any atom is 0.270 e. The van der Waals surface area contributed by atoms with Crippen LogP contribution in [-0.4, -0.2) is 10.8 Å². The number of carbonyl (C=O) groups is 1. The molecule has 2 aromatic rings. The van der Waals surface area contributed by atoms with Crippen LogP contribution in [0.5, 0.6) is 0 Å². The molecule has 0 spiro atoms. The van der Waals surface area contributed by atoms with E-state index in [-0.39, 0.29) is 11.6 Å². The van der Waals surface area contributed by atoms with Crippen molar-refractivity contribution in [2.75, 3.05) is 5.32 Å². The van der Waals surface area contributed by atoms with E-state index in [1.54, 1.807) is 12.1 Å². The highest BCUT2D eigenvalue weighted by Gasteiger charge is 2.13. The standard InChI is InChI=1S/C14H10Br2N2O3/c1-8-4-9(6-10(15)5-8)14(19)17-13-3-2-11(18(20)21)7-12(13)16/h2-7H,1H3,(H,17,19). The topological polar surface area (TPSA) is 72.2 Å². The highest BCUT2D eigenvalue weighted by atomic mass is 79.9. The number of halogens is 2. The number of nitrogens with zero attached hydrogens (tertiary/aromatic N) is 1. The Morgan fingerprint density at radius 1 is 1.19 bits per heavy atom. The number of amides is 1. The summed E-state index contributed by atoms with van der Waals surface area (Å²) in [6, 6.07) is 9.55. The predicted molar refractivity (Wildman–Crippen MR) is 87.6 cm³/mol. The Morgan fingerprint density at radius 2 is 1.90 bits per heavy atom. The van der Waals surface area contributed by atoms with Gasteiger partial charge in [-0.1, -0.05) is 15.9 Å². The van der Waals surface area contributed by atoms with Gasteiger partial charge < -0.3 is 5.32 Å². The number of anilines is 1. The minimum atomic E-state index is -0.492. The lowest BCUT2D eigenvalue weighted by Crippen LogP contribution is -2.12. The van der Waals surface area contributed by atoms with Crippen molar-refractivity contribution in [3.63, 3.8) is 0 Å². The molecular weight excluding hydrogens is 404 g/mol. The molecule has 0 radical (unpaired) electrons. The Balaban J connectivity index is 2.25. The number of carbonyl (C=O) groups excluding carboxylic acids is 1. The maximum absolute atomic E-state index is 12.2. The molecule has 0 saturated carbocycles. The third kappa shape index (κ3) is 3.89. The van der Waals surface area contributed by atoms with Gasteiger partial charge in [-0.2, -0.15) is 0 Å². The minimum absolute atomic E-state index is 0.0434. The van der Waals surface area contributed by atoms with E-state index in [2.05, 4.69) is 37.2 Å². The van der Waals surface area contributed by atoms with E-state index in [0.29, 0.717) is 15.7 Å². The van der Waals surface area contributed by atoms with Gasteiger partial charge in [0.15, 0.2) is 0 Å². The molecule has 0 unspecified atom stereocenters. The molecule has 0 aliphatic rings. The first-order valence-electron chi connectivity index (χ1n) is 5.89. The van der Waals surface area contributed by atoms with E-state index in [1.807, 2.05) is 13.0 Å². The Labute approximate surface area is 137 Å². The van der Waals surface area contributed by atoms with Gasteiger partial charge in [0.25, 0.3) is 11.6 Å². The van der Waals surface area contributed by atoms with Gasteiger partial charge in [-0.15, -0.1) is 0 Å². The Hall–Kier alpha value is -1.73. The third-order valence-electron chi connectivity index (χ3n) is 2.72. The summed E-state index contributed by atoms with van der Waals surface area (Å²) < 4.78 is 1.27. The molecule has 7 heteroatoms. The van der Waals surface area contributed by atoms with Gasteiger partial charge >= 0.3 is 0 Å². The van der Waals surface area contributed by atoms with E-state index in [9.17, 15) is 14.9 Å². The van der Waals surface area contributed by atoms with Crippen molar-refractivity contribution >= 4 is 49.1 Å². The molecule has 2 aromatic carbocycles. The Kier molecular flexibility index (Phi) is 4.74. The van der Waals surface area contributed by atoms with E-state index >= 15 is 0 Å². The van der Waals surface area contributed by atoms with Crippen LogP contribution in [0.2, 0.25) is 0 Å². The SMILES string of the molecule is Cc1cc(Br)cc(C(=O)Nc2ccc([N+](=O)[O-])cc2Br)c1. The summed E-state index contributed by atoms with van der Waals surface area (Å²) in [7, 11) is 0. The van der Waals surface area contributed by atoms with E-state index in [4.69, 9.17) is 0 Å². The van der Waals surface area contributed by atoms with Crippen LogP contribution in [0, 0.1) is 17.0 Å². The van der Waals surface area contributed by atoms with Crippen molar-refractivity contribution in [1.29, 1.82) is 0 Å². The Bertz CT molecular complexity index is 712. The molecule has 5 nitrogen and oxygen atoms in total. The number of hydrogen-bond donors (Lipinski definition) is 1. The van der Waals surface area contributed by atoms with Crippen LogP contribution < -0.4 is 5.32 Å². The first-order chi connectivity index (χ1) is 9.86. The van der Waals surface area contributed by atoms with Crippen molar-refractivity contribution in [2.24, 2.45) is 0 Å². The van der Waals surface area contributed by atoms with E-state index < -0.39 is 4.92 Å². The van der Waals surface area contributed by atoms with E-state index in [1.165, 1.54) is 18.2 Å². The number of nitro benzene ring substituents is 1. The highest BCUT2D eigenvalue weighted by molar-refractivity contribution is 9.10. The van der Waals surface area contributed by atoms with Crippen LogP contribution >= 0.6 is 31.9 Å². The smallest absolute Gasteiger partial charge is 0.270 e. The molecule has 108 valence electrons. The van der Waals surface area contributed by atoms with Crippen LogP contribution in [0.3, 0.4) is 0 Å². The molecule has 2 rings (SSSR count). The zero-order chi connectivity index (χ0) is 15.6. The summed E-state index contributed by atoms with van der Waals surface area (Å²) in [5.74, 6) is -0.283. The van der Waals surface area contributed by atoms with Crippen LogP contribution in [0.25, 0.3) is 0 Å². The second-order valence-corrected chi connectivity index (χ2v) is 6.16. The second-order valence-electron chi connectivity index (χ2n) is 4.39. The highest BCUT2D eigenvalue weighted by Crippen LogP contribution is 2.27. The number of aryl methyl sites for hydroxylation is 1. The molecule has 1 N–H and O–H groups in total. The minimum Gasteiger partial charge on any atom is -0.321 e. The molecule has 1 amide bonds. The second kappa shape index (κ2) is 6.36. The predicted octanol–water partition coefficient (Wildman–Crippen LogP) is 4.68. The normalized spacial score (nSPS) is 10.2. The molecule has 0 fully saturated rings. The van der Waals surface area contributed by atoms with Gasteiger partial charge in [-0.05, 0) is 52.7 Å². The van der Waals surface area contributed by atoms with Crippen molar-refractivity contribution in [2.45, 2.75) is 6.92 Å². The monoisotopic (exact) mass is 412 g/mol. The quantitative estimate of drug-likeness (QED) is 0.586. The summed E-state index contributed by atoms with van der Waals surface area (Å²) in [4.78, 5) is 22.4. The van der Waals surface area contributed by atoms with Gasteiger partial charge in [-0.25, -0.2) is 0 Å². The number of rotatable bonds is 3. The number of non-ortho nitro benzene ring substituents is 1. The van der Waals surface area contributed by atoms with Crippen LogP contribution in [0.15, 0.2) is 45.3 Å². The molecule has 0 saturated heterocycles. The van der Waals surface area contributed by atoms with Crippen molar-refractivity contribution in [3.8, 4) is 0 Å². The fourth-order valence-corrected chi connectivity index (χ4v) is 2.85. The maximum atomic E-state index is 12.2. The average molecular weight is 414 g/mol. The summed E-state index contributed by atoms with van der Waals surface area (Å²) in [6.45, 7) is 1.89. The molecule has 0 heterocycles. The summed E-state index contributed by atoms with van der Waals surface area (Å²) >= 11 is 6.56. The lowest BCUT2D eigenvalue weighted by atomic mass is 10.1. The lowest BCUT2D eigenvalue weighted by Gasteiger charge is -2.08. The first kappa shape index (κ1) is 15.7. The molecule has 0 aromatic heterocycles. The van der Waals surface area contributed by atoms with Crippen molar-refractivity contribution in [3.05, 3.63) is 66.6 Å². The summed E-state index contributed by atoms with van der Waals surface area (Å²) in [5, 5.41) is 13.4. The third-order valence-corrected chi connectivity index (χ3v) is 3.83. The van der Waals surface area contributed by atoms with Crippen LogP contribution in [0.1, 0.15) is 15.9 Å². The molecule has 0 atom stereocenters. The number of hydrogen-bond acceptors (Lipinski definition) is 3. The van der Waals surface area contributed by atoms with Crippen LogP contribution in [0.4, 0.5) is 11.4 Å². The van der Waals surface area contributed by atoms with Gasteiger partial charge in [0.1, 0.15) is 0 Å². The van der Waals surface area contributed by atoms with Gasteiger partial charge in [0.2, 0.25) is 0 Å². The average Bonchev–Trinajstić information content (AvgIpc) is 2.39. The van der Waals surface area contributed by atoms with Gasteiger partial charge in [0, 0.05) is 26.6 Å². The number of nitro groups is 1. The molecule has 0 aliphatic heterocycles. The van der Waals surface area contributed by atoms with Crippen molar-refractivity contribution in [1.82, 2.24) is 0 Å². The molecule has 21 heavy (non-hydrogen) atoms. The summed E-state index contributed by atoms with van der Waals surface area (Å²) in [6.07, 6.45) is 0. The first-order valence-corrected chi connectivity index (χ1v) is 7.48. The van der Waals surface area contributed by atoms with Crippen LogP contribution in [-0.2, 0) is 0 Å². The fraction of sp³-hybridized carbons (Fsp3) is 0.0714. The van der Waals surface area contributed by atoms with Gasteiger partial charge in [-0.3, -0.25) is 14.9 Å². The fourth-order valence-electron chi connectivity index (χ4n) is 1.78. The molecule has 0 bridgehead atoms. The van der Waals surface area contributed by atoms with Crippen molar-refractivity contribution < 1.29 is 9.72 Å². The number of nitrogens with one attached hydrogen (secondary N) is 1. The lowest BCUT2D eigenvalue weighted by molar-refractivity contribution is -0.384. The van der Waals surface area contributed by atoms with Gasteiger partial charge in [0.05, 0.1) is 10.6 Å². The molecular formula is C14H10Br2N2O3. The van der Waals surface area contributed by atoms with E-state index in [0.717, 1.165) is 10.0 Å². The zero-order valence-electron chi connectivity index (χ0n) is 10.9. The largest absolute Gasteiger partial charge is 0.321 e. The Morgan fingerprint density at radius 3 is 2.48 bits per heavy atom.